The number of fused-ring (bicyclic) bond motifs is 2. The van der Waals surface area contributed by atoms with Gasteiger partial charge in [-0.25, -0.2) is 4.98 Å². The van der Waals surface area contributed by atoms with Gasteiger partial charge in [-0.05, 0) is 49.2 Å². The van der Waals surface area contributed by atoms with Crippen LogP contribution in [0.2, 0.25) is 0 Å². The molecule has 1 atom stereocenters. The minimum absolute atomic E-state index is 0.0587. The van der Waals surface area contributed by atoms with Crippen LogP contribution in [0.4, 0.5) is 5.82 Å². The summed E-state index contributed by atoms with van der Waals surface area (Å²) in [7, 11) is 1.61. The van der Waals surface area contributed by atoms with Gasteiger partial charge < -0.3 is 14.8 Å². The first-order valence-electron chi connectivity index (χ1n) is 10.7. The molecule has 0 fully saturated rings. The zero-order valence-electron chi connectivity index (χ0n) is 18.7. The van der Waals surface area contributed by atoms with Crippen molar-refractivity contribution in [1.82, 2.24) is 14.8 Å². The molecular weight excluding hydrogens is 436 g/mol. The maximum Gasteiger partial charge on any atom is 0.226 e. The lowest BCUT2D eigenvalue weighted by molar-refractivity contribution is -0.116. The number of carbonyl (C=O) groups is 1. The number of methoxy groups -OCH3 is 1. The third kappa shape index (κ3) is 3.76. The number of hydrogen-bond acceptors (Lipinski definition) is 6. The van der Waals surface area contributed by atoms with E-state index >= 15 is 0 Å². The normalized spacial score (nSPS) is 15.2. The predicted octanol–water partition coefficient (Wildman–Crippen LogP) is 5.15. The van der Waals surface area contributed by atoms with Crippen molar-refractivity contribution in [2.75, 3.05) is 19.0 Å². The van der Waals surface area contributed by atoms with Crippen LogP contribution in [0.5, 0.6) is 11.5 Å². The fraction of sp³-hybridized carbons (Fsp3) is 0.240. The number of ether oxygens (including phenoxy) is 2. The summed E-state index contributed by atoms with van der Waals surface area (Å²) in [5.41, 5.74) is 4.92. The van der Waals surface area contributed by atoms with Gasteiger partial charge in [-0.2, -0.15) is 9.78 Å². The SMILES string of the molecule is C=CCOc1ccc([C@H]2CC(=O)Nc3c2c(C)nn3-c2nc3ccc(C)cc3s2)cc1OC. The highest BCUT2D eigenvalue weighted by atomic mass is 32.1. The van der Waals surface area contributed by atoms with E-state index in [1.54, 1.807) is 29.2 Å². The summed E-state index contributed by atoms with van der Waals surface area (Å²) in [5.74, 6) is 1.72. The maximum absolute atomic E-state index is 12.7. The number of thiazole rings is 1. The number of aryl methyl sites for hydroxylation is 2. The van der Waals surface area contributed by atoms with E-state index in [0.717, 1.165) is 32.2 Å². The van der Waals surface area contributed by atoms with E-state index in [-0.39, 0.29) is 11.8 Å². The van der Waals surface area contributed by atoms with Gasteiger partial charge in [-0.3, -0.25) is 4.79 Å². The van der Waals surface area contributed by atoms with E-state index in [1.165, 1.54) is 5.56 Å². The van der Waals surface area contributed by atoms with Crippen molar-refractivity contribution in [2.24, 2.45) is 0 Å². The van der Waals surface area contributed by atoms with Crippen molar-refractivity contribution in [2.45, 2.75) is 26.2 Å². The van der Waals surface area contributed by atoms with E-state index in [1.807, 2.05) is 37.3 Å². The van der Waals surface area contributed by atoms with Crippen LogP contribution in [0.15, 0.2) is 49.1 Å². The third-order valence-electron chi connectivity index (χ3n) is 5.76. The van der Waals surface area contributed by atoms with Gasteiger partial charge in [0.25, 0.3) is 0 Å². The van der Waals surface area contributed by atoms with Crippen molar-refractivity contribution in [3.63, 3.8) is 0 Å². The van der Waals surface area contributed by atoms with Crippen LogP contribution in [-0.2, 0) is 4.79 Å². The summed E-state index contributed by atoms with van der Waals surface area (Å²) in [6.07, 6.45) is 2.01. The largest absolute Gasteiger partial charge is 0.493 e. The van der Waals surface area contributed by atoms with Crippen LogP contribution >= 0.6 is 11.3 Å². The van der Waals surface area contributed by atoms with Crippen LogP contribution in [0, 0.1) is 13.8 Å². The quantitative estimate of drug-likeness (QED) is 0.403. The summed E-state index contributed by atoms with van der Waals surface area (Å²) in [6.45, 7) is 8.10. The Morgan fingerprint density at radius 3 is 2.88 bits per heavy atom. The van der Waals surface area contributed by atoms with Crippen molar-refractivity contribution in [3.8, 4) is 16.6 Å². The zero-order valence-corrected chi connectivity index (χ0v) is 19.5. The molecule has 2 aromatic heterocycles. The topological polar surface area (TPSA) is 78.3 Å². The molecule has 0 saturated carbocycles. The number of nitrogens with zero attached hydrogens (tertiary/aromatic N) is 3. The molecule has 0 unspecified atom stereocenters. The molecular formula is C25H24N4O3S. The van der Waals surface area contributed by atoms with Gasteiger partial charge in [0.05, 0.1) is 23.0 Å². The van der Waals surface area contributed by atoms with E-state index in [2.05, 4.69) is 24.9 Å². The Balaban J connectivity index is 1.59. The van der Waals surface area contributed by atoms with Crippen LogP contribution in [0.1, 0.15) is 34.7 Å². The van der Waals surface area contributed by atoms with Gasteiger partial charge in [0.2, 0.25) is 11.0 Å². The first-order valence-corrected chi connectivity index (χ1v) is 11.5. The Kier molecular flexibility index (Phi) is 5.38. The van der Waals surface area contributed by atoms with Gasteiger partial charge >= 0.3 is 0 Å². The van der Waals surface area contributed by atoms with Gasteiger partial charge in [-0.15, -0.1) is 0 Å². The molecule has 2 aromatic carbocycles. The molecule has 3 heterocycles. The molecule has 1 aliphatic rings. The number of aromatic nitrogens is 3. The molecule has 7 nitrogen and oxygen atoms in total. The van der Waals surface area contributed by atoms with E-state index in [4.69, 9.17) is 19.6 Å². The molecule has 4 aromatic rings. The first-order chi connectivity index (χ1) is 16.0. The number of nitrogens with one attached hydrogen (secondary N) is 1. The van der Waals surface area contributed by atoms with Crippen LogP contribution in [0.25, 0.3) is 15.3 Å². The first kappa shape index (κ1) is 21.2. The maximum atomic E-state index is 12.7. The summed E-state index contributed by atoms with van der Waals surface area (Å²) in [4.78, 5) is 17.5. The molecule has 1 N–H and O–H groups in total. The third-order valence-corrected chi connectivity index (χ3v) is 6.76. The van der Waals surface area contributed by atoms with Gasteiger partial charge in [0.1, 0.15) is 12.4 Å². The highest BCUT2D eigenvalue weighted by Crippen LogP contribution is 2.43. The number of amides is 1. The van der Waals surface area contributed by atoms with Crippen molar-refractivity contribution >= 4 is 33.3 Å². The molecule has 168 valence electrons. The Hall–Kier alpha value is -3.65. The standard InChI is InChI=1S/C25H24N4O3S/c1-5-10-32-19-9-7-16(12-20(19)31-4)17-13-22(30)27-24-23(17)15(3)28-29(24)25-26-18-8-6-14(2)11-21(18)33-25/h5-9,11-12,17H,1,10,13H2,2-4H3,(H,27,30)/t17-/m1/s1. The zero-order chi connectivity index (χ0) is 23.1. The lowest BCUT2D eigenvalue weighted by Gasteiger charge is -2.24. The monoisotopic (exact) mass is 460 g/mol. The Labute approximate surface area is 195 Å². The smallest absolute Gasteiger partial charge is 0.226 e. The second kappa shape index (κ2) is 8.37. The number of hydrogen-bond donors (Lipinski definition) is 1. The van der Waals surface area contributed by atoms with E-state index in [0.29, 0.717) is 30.3 Å². The summed E-state index contributed by atoms with van der Waals surface area (Å²) < 4.78 is 14.1. The van der Waals surface area contributed by atoms with Gasteiger partial charge in [0.15, 0.2) is 11.5 Å². The van der Waals surface area contributed by atoms with E-state index < -0.39 is 0 Å². The average Bonchev–Trinajstić information content (AvgIpc) is 3.37. The lowest BCUT2D eigenvalue weighted by atomic mass is 9.85. The Morgan fingerprint density at radius 2 is 2.09 bits per heavy atom. The lowest BCUT2D eigenvalue weighted by Crippen LogP contribution is -2.25. The molecule has 0 bridgehead atoms. The second-order valence-corrected chi connectivity index (χ2v) is 9.05. The number of rotatable bonds is 6. The van der Waals surface area contributed by atoms with E-state index in [9.17, 15) is 4.79 Å². The molecule has 33 heavy (non-hydrogen) atoms. The highest BCUT2D eigenvalue weighted by molar-refractivity contribution is 7.20. The fourth-order valence-electron chi connectivity index (χ4n) is 4.25. The fourth-order valence-corrected chi connectivity index (χ4v) is 5.27. The predicted molar refractivity (Wildman–Crippen MR) is 130 cm³/mol. The minimum atomic E-state index is -0.151. The van der Waals surface area contributed by atoms with Crippen LogP contribution in [0.3, 0.4) is 0 Å². The summed E-state index contributed by atoms with van der Waals surface area (Å²) in [5, 5.41) is 8.53. The highest BCUT2D eigenvalue weighted by Gasteiger charge is 2.33. The summed E-state index contributed by atoms with van der Waals surface area (Å²) in [6, 6.07) is 12.0. The van der Waals surface area contributed by atoms with Crippen molar-refractivity contribution in [3.05, 3.63) is 71.4 Å². The molecule has 1 amide bonds. The molecule has 5 rings (SSSR count). The second-order valence-electron chi connectivity index (χ2n) is 8.04. The molecule has 0 spiro atoms. The molecule has 1 aliphatic heterocycles. The number of benzene rings is 2. The van der Waals surface area contributed by atoms with Gasteiger partial charge in [0, 0.05) is 17.9 Å². The molecule has 0 aliphatic carbocycles. The average molecular weight is 461 g/mol. The van der Waals surface area contributed by atoms with Crippen LogP contribution < -0.4 is 14.8 Å². The van der Waals surface area contributed by atoms with Crippen molar-refractivity contribution in [1.29, 1.82) is 0 Å². The Morgan fingerprint density at radius 1 is 1.24 bits per heavy atom. The van der Waals surface area contributed by atoms with Gasteiger partial charge in [-0.1, -0.05) is 36.1 Å². The summed E-state index contributed by atoms with van der Waals surface area (Å²) >= 11 is 1.56. The number of carbonyl (C=O) groups excluding carboxylic acids is 1. The minimum Gasteiger partial charge on any atom is -0.493 e. The molecule has 0 saturated heterocycles. The number of anilines is 1. The molecule has 8 heteroatoms. The Bertz CT molecular complexity index is 1390. The van der Waals surface area contributed by atoms with Crippen molar-refractivity contribution < 1.29 is 14.3 Å². The van der Waals surface area contributed by atoms with Crippen LogP contribution in [-0.4, -0.2) is 34.4 Å². The molecule has 0 radical (unpaired) electrons.